The van der Waals surface area contributed by atoms with E-state index in [-0.39, 0.29) is 0 Å². The smallest absolute Gasteiger partial charge is 0.0199 e. The summed E-state index contributed by atoms with van der Waals surface area (Å²) in [6.45, 7) is 18.7. The van der Waals surface area contributed by atoms with E-state index in [1.54, 1.807) is 11.1 Å². The molecule has 2 heteroatoms. The molecule has 2 nitrogen and oxygen atoms in total. The zero-order valence-corrected chi connectivity index (χ0v) is 14.8. The Morgan fingerprint density at radius 2 is 1.80 bits per heavy atom. The molecular formula is C18H36N2. The van der Waals surface area contributed by atoms with E-state index in [4.69, 9.17) is 5.84 Å². The van der Waals surface area contributed by atoms with E-state index in [1.807, 2.05) is 5.01 Å². The molecule has 2 atom stereocenters. The molecular weight excluding hydrogens is 244 g/mol. The van der Waals surface area contributed by atoms with Gasteiger partial charge in [-0.15, -0.1) is 0 Å². The average molecular weight is 280 g/mol. The first kappa shape index (κ1) is 17.7. The summed E-state index contributed by atoms with van der Waals surface area (Å²) in [5, 5.41) is 2.04. The number of piperidine rings is 1. The summed E-state index contributed by atoms with van der Waals surface area (Å²) in [5.41, 5.74) is 3.94. The first-order valence-corrected chi connectivity index (χ1v) is 8.41. The highest BCUT2D eigenvalue weighted by molar-refractivity contribution is 5.22. The minimum atomic E-state index is 0.311. The van der Waals surface area contributed by atoms with E-state index in [1.165, 1.54) is 19.3 Å². The predicted molar refractivity (Wildman–Crippen MR) is 89.3 cm³/mol. The Morgan fingerprint density at radius 3 is 2.25 bits per heavy atom. The summed E-state index contributed by atoms with van der Waals surface area (Å²) in [6.07, 6.45) is 4.75. The number of rotatable bonds is 5. The van der Waals surface area contributed by atoms with Gasteiger partial charge in [-0.2, -0.15) is 0 Å². The number of hydrogen-bond donors (Lipinski definition) is 1. The molecule has 0 spiro atoms. The maximum Gasteiger partial charge on any atom is 0.0199 e. The summed E-state index contributed by atoms with van der Waals surface area (Å²) in [6, 6.07) is 0. The predicted octanol–water partition coefficient (Wildman–Crippen LogP) is 4.76. The molecule has 0 radical (unpaired) electrons. The molecule has 2 N–H and O–H groups in total. The van der Waals surface area contributed by atoms with Crippen molar-refractivity contribution in [3.8, 4) is 0 Å². The van der Waals surface area contributed by atoms with Crippen LogP contribution < -0.4 is 5.84 Å². The van der Waals surface area contributed by atoms with Gasteiger partial charge in [-0.1, -0.05) is 59.1 Å². The normalized spacial score (nSPS) is 27.3. The van der Waals surface area contributed by atoms with Crippen LogP contribution in [-0.4, -0.2) is 18.1 Å². The Bertz CT molecular complexity index is 356. The van der Waals surface area contributed by atoms with Crippen molar-refractivity contribution in [2.24, 2.45) is 22.6 Å². The van der Waals surface area contributed by atoms with Crippen LogP contribution in [0.1, 0.15) is 74.1 Å². The molecule has 0 amide bonds. The highest BCUT2D eigenvalue weighted by atomic mass is 15.4. The van der Waals surface area contributed by atoms with Crippen LogP contribution >= 0.6 is 0 Å². The number of nitrogens with zero attached hydrogens (tertiary/aromatic N) is 1. The summed E-state index contributed by atoms with van der Waals surface area (Å²) >= 11 is 0. The van der Waals surface area contributed by atoms with Crippen LogP contribution in [0.2, 0.25) is 0 Å². The van der Waals surface area contributed by atoms with Gasteiger partial charge in [-0.25, -0.2) is 5.01 Å². The summed E-state index contributed by atoms with van der Waals surface area (Å²) < 4.78 is 0. The second kappa shape index (κ2) is 6.62. The average Bonchev–Trinajstić information content (AvgIpc) is 2.45. The van der Waals surface area contributed by atoms with Gasteiger partial charge in [0, 0.05) is 19.0 Å². The Kier molecular flexibility index (Phi) is 5.86. The standard InChI is InChI=1S/C18H36N2/c1-8-14(4)15-11-12-20(19)13-16(15)18(7,10-3)17(5,6)9-2/h16H,8-13,19H2,1-7H3/b15-14-. The minimum Gasteiger partial charge on any atom is -0.269 e. The molecule has 0 aromatic carbocycles. The third-order valence-corrected chi connectivity index (χ3v) is 6.52. The Balaban J connectivity index is 3.27. The quantitative estimate of drug-likeness (QED) is 0.581. The zero-order valence-electron chi connectivity index (χ0n) is 14.8. The molecule has 0 aliphatic carbocycles. The fourth-order valence-corrected chi connectivity index (χ4v) is 3.80. The van der Waals surface area contributed by atoms with Crippen LogP contribution in [0, 0.1) is 16.7 Å². The van der Waals surface area contributed by atoms with Crippen molar-refractivity contribution in [3.63, 3.8) is 0 Å². The van der Waals surface area contributed by atoms with Gasteiger partial charge in [0.1, 0.15) is 0 Å². The molecule has 0 saturated carbocycles. The second-order valence-electron chi connectivity index (χ2n) is 7.47. The van der Waals surface area contributed by atoms with Crippen LogP contribution in [-0.2, 0) is 0 Å². The van der Waals surface area contributed by atoms with Crippen molar-refractivity contribution in [1.29, 1.82) is 0 Å². The van der Waals surface area contributed by atoms with Crippen LogP contribution in [0.15, 0.2) is 11.1 Å². The number of allylic oxidation sites excluding steroid dienone is 1. The molecule has 1 aliphatic rings. The maximum absolute atomic E-state index is 6.18. The van der Waals surface area contributed by atoms with Gasteiger partial charge in [0.25, 0.3) is 0 Å². The molecule has 0 bridgehead atoms. The van der Waals surface area contributed by atoms with Gasteiger partial charge < -0.3 is 0 Å². The highest BCUT2D eigenvalue weighted by Gasteiger charge is 2.47. The molecule has 1 heterocycles. The lowest BCUT2D eigenvalue weighted by atomic mass is 9.54. The summed E-state index contributed by atoms with van der Waals surface area (Å²) in [7, 11) is 0. The molecule has 1 saturated heterocycles. The lowest BCUT2D eigenvalue weighted by Gasteiger charge is -2.52. The first-order chi connectivity index (χ1) is 9.23. The molecule has 20 heavy (non-hydrogen) atoms. The van der Waals surface area contributed by atoms with Gasteiger partial charge in [0.2, 0.25) is 0 Å². The third kappa shape index (κ3) is 3.12. The lowest BCUT2D eigenvalue weighted by molar-refractivity contribution is -0.000844. The van der Waals surface area contributed by atoms with E-state index in [0.717, 1.165) is 19.5 Å². The second-order valence-corrected chi connectivity index (χ2v) is 7.47. The van der Waals surface area contributed by atoms with E-state index < -0.39 is 0 Å². The number of hydrogen-bond acceptors (Lipinski definition) is 2. The van der Waals surface area contributed by atoms with Crippen molar-refractivity contribution >= 4 is 0 Å². The van der Waals surface area contributed by atoms with Gasteiger partial charge in [0.15, 0.2) is 0 Å². The Hall–Kier alpha value is -0.340. The Morgan fingerprint density at radius 1 is 1.20 bits per heavy atom. The fraction of sp³-hybridized carbons (Fsp3) is 0.889. The van der Waals surface area contributed by atoms with Gasteiger partial charge in [-0.05, 0) is 37.0 Å². The fourth-order valence-electron chi connectivity index (χ4n) is 3.80. The van der Waals surface area contributed by atoms with Crippen molar-refractivity contribution in [2.45, 2.75) is 74.1 Å². The van der Waals surface area contributed by atoms with E-state index in [2.05, 4.69) is 48.5 Å². The molecule has 118 valence electrons. The topological polar surface area (TPSA) is 29.3 Å². The van der Waals surface area contributed by atoms with Crippen molar-refractivity contribution in [3.05, 3.63) is 11.1 Å². The highest BCUT2D eigenvalue weighted by Crippen LogP contribution is 2.53. The monoisotopic (exact) mass is 280 g/mol. The van der Waals surface area contributed by atoms with Gasteiger partial charge >= 0.3 is 0 Å². The van der Waals surface area contributed by atoms with E-state index >= 15 is 0 Å². The zero-order chi connectivity index (χ0) is 15.6. The van der Waals surface area contributed by atoms with Crippen LogP contribution in [0.3, 0.4) is 0 Å². The molecule has 1 aliphatic heterocycles. The third-order valence-electron chi connectivity index (χ3n) is 6.52. The summed E-state index contributed by atoms with van der Waals surface area (Å²) in [5.74, 6) is 6.77. The van der Waals surface area contributed by atoms with Crippen LogP contribution in [0.25, 0.3) is 0 Å². The largest absolute Gasteiger partial charge is 0.269 e. The minimum absolute atomic E-state index is 0.311. The molecule has 1 fully saturated rings. The SMILES string of the molecule is CC/C(C)=C1/CCN(N)CC1C(C)(CC)C(C)(C)CC. The lowest BCUT2D eigenvalue weighted by Crippen LogP contribution is -2.51. The van der Waals surface area contributed by atoms with Crippen molar-refractivity contribution in [1.82, 2.24) is 5.01 Å². The van der Waals surface area contributed by atoms with Crippen molar-refractivity contribution in [2.75, 3.05) is 13.1 Å². The molecule has 2 unspecified atom stereocenters. The van der Waals surface area contributed by atoms with Crippen molar-refractivity contribution < 1.29 is 0 Å². The molecule has 1 rings (SSSR count). The Labute approximate surface area is 126 Å². The van der Waals surface area contributed by atoms with Gasteiger partial charge in [0.05, 0.1) is 0 Å². The van der Waals surface area contributed by atoms with Gasteiger partial charge in [-0.3, -0.25) is 5.84 Å². The van der Waals surface area contributed by atoms with Crippen LogP contribution in [0.4, 0.5) is 0 Å². The van der Waals surface area contributed by atoms with E-state index in [9.17, 15) is 0 Å². The van der Waals surface area contributed by atoms with E-state index in [0.29, 0.717) is 16.7 Å². The molecule has 0 aromatic rings. The molecule has 0 aromatic heterocycles. The van der Waals surface area contributed by atoms with Crippen LogP contribution in [0.5, 0.6) is 0 Å². The first-order valence-electron chi connectivity index (χ1n) is 8.41. The summed E-state index contributed by atoms with van der Waals surface area (Å²) in [4.78, 5) is 0. The maximum atomic E-state index is 6.18. The number of nitrogens with two attached hydrogens (primary N) is 1. The number of hydrazine groups is 1.